The van der Waals surface area contributed by atoms with E-state index in [9.17, 15) is 0 Å². The molecule has 4 heteroatoms. The Kier molecular flexibility index (Phi) is 4.52. The molecular weight excluding hydrogens is 219 g/mol. The quantitative estimate of drug-likeness (QED) is 0.651. The van der Waals surface area contributed by atoms with E-state index < -0.39 is 0 Å². The van der Waals surface area contributed by atoms with Crippen LogP contribution in [0.15, 0.2) is 24.3 Å². The zero-order valence-electron chi connectivity index (χ0n) is 7.84. The summed E-state index contributed by atoms with van der Waals surface area (Å²) in [5.74, 6) is 0. The Hall–Kier alpha value is -0.440. The van der Waals surface area contributed by atoms with E-state index in [0.717, 1.165) is 36.9 Å². The molecule has 0 radical (unpaired) electrons. The predicted molar refractivity (Wildman–Crippen MR) is 56.5 cm³/mol. The smallest absolute Gasteiger partial charge is 0.0639 e. The van der Waals surface area contributed by atoms with Crippen LogP contribution in [0, 0.1) is 0 Å². The van der Waals surface area contributed by atoms with E-state index in [-0.39, 0.29) is 12.4 Å². The van der Waals surface area contributed by atoms with Gasteiger partial charge in [-0.25, -0.2) is 0 Å². The summed E-state index contributed by atoms with van der Waals surface area (Å²) in [6.07, 6.45) is 0. The van der Waals surface area contributed by atoms with Crippen molar-refractivity contribution in [2.45, 2.75) is 0 Å². The number of halogens is 2. The van der Waals surface area contributed by atoms with Gasteiger partial charge in [-0.1, -0.05) is 23.7 Å². The molecule has 1 saturated heterocycles. The van der Waals surface area contributed by atoms with Gasteiger partial charge in [-0.2, -0.15) is 0 Å². The van der Waals surface area contributed by atoms with Gasteiger partial charge in [0.2, 0.25) is 0 Å². The molecule has 2 nitrogen and oxygen atoms in total. The van der Waals surface area contributed by atoms with Crippen molar-refractivity contribution < 1.29 is 12.4 Å². The van der Waals surface area contributed by atoms with Crippen molar-refractivity contribution in [3.63, 3.8) is 0 Å². The number of benzene rings is 1. The molecule has 1 aromatic rings. The number of para-hydroxylation sites is 1. The summed E-state index contributed by atoms with van der Waals surface area (Å²) >= 11 is 6.10. The molecule has 1 aliphatic heterocycles. The number of anilines is 1. The molecule has 78 valence electrons. The number of hydrogen-bond donors (Lipinski definition) is 1. The van der Waals surface area contributed by atoms with Crippen molar-refractivity contribution in [1.82, 2.24) is 5.32 Å². The third-order valence-electron chi connectivity index (χ3n) is 2.31. The van der Waals surface area contributed by atoms with Crippen LogP contribution in [-0.2, 0) is 0 Å². The highest BCUT2D eigenvalue weighted by molar-refractivity contribution is 6.33. The second-order valence-corrected chi connectivity index (χ2v) is 3.60. The van der Waals surface area contributed by atoms with E-state index in [1.807, 2.05) is 18.2 Å². The second kappa shape index (κ2) is 5.44. The van der Waals surface area contributed by atoms with Crippen LogP contribution >= 0.6 is 11.6 Å². The lowest BCUT2D eigenvalue weighted by molar-refractivity contribution is -0.00000253. The Morgan fingerprint density at radius 3 is 2.43 bits per heavy atom. The number of hydrogen-bond acceptors (Lipinski definition) is 2. The van der Waals surface area contributed by atoms with Crippen molar-refractivity contribution in [3.05, 3.63) is 29.3 Å². The lowest BCUT2D eigenvalue weighted by atomic mass is 10.2. The topological polar surface area (TPSA) is 15.3 Å². The molecule has 0 aliphatic carbocycles. The van der Waals surface area contributed by atoms with Crippen molar-refractivity contribution in [2.75, 3.05) is 31.1 Å². The lowest BCUT2D eigenvalue weighted by Crippen LogP contribution is -3.00. The second-order valence-electron chi connectivity index (χ2n) is 3.19. The molecule has 0 unspecified atom stereocenters. The number of nitrogens with one attached hydrogen (secondary N) is 1. The van der Waals surface area contributed by atoms with Gasteiger partial charge in [-0.05, 0) is 12.1 Å². The SMILES string of the molecule is Clc1ccccc1N1CCNCC1.[Cl-]. The van der Waals surface area contributed by atoms with Crippen LogP contribution in [0.3, 0.4) is 0 Å². The molecule has 1 N–H and O–H groups in total. The van der Waals surface area contributed by atoms with E-state index in [1.165, 1.54) is 0 Å². The van der Waals surface area contributed by atoms with Gasteiger partial charge in [0.25, 0.3) is 0 Å². The summed E-state index contributed by atoms with van der Waals surface area (Å²) in [6.45, 7) is 4.18. The molecule has 14 heavy (non-hydrogen) atoms. The fourth-order valence-corrected chi connectivity index (χ4v) is 1.87. The maximum absolute atomic E-state index is 6.10. The van der Waals surface area contributed by atoms with E-state index in [1.54, 1.807) is 0 Å². The minimum atomic E-state index is 0. The highest BCUT2D eigenvalue weighted by Gasteiger charge is 2.11. The molecule has 1 aromatic carbocycles. The van der Waals surface area contributed by atoms with Crippen molar-refractivity contribution in [3.8, 4) is 0 Å². The normalized spacial score (nSPS) is 16.2. The monoisotopic (exact) mass is 231 g/mol. The molecule has 0 saturated carbocycles. The molecule has 0 spiro atoms. The van der Waals surface area contributed by atoms with Gasteiger partial charge >= 0.3 is 0 Å². The summed E-state index contributed by atoms with van der Waals surface area (Å²) in [7, 11) is 0. The van der Waals surface area contributed by atoms with E-state index in [4.69, 9.17) is 11.6 Å². The van der Waals surface area contributed by atoms with Gasteiger partial charge in [0.1, 0.15) is 0 Å². The molecule has 0 amide bonds. The molecular formula is C10H13Cl2N2-. The summed E-state index contributed by atoms with van der Waals surface area (Å²) in [5, 5.41) is 4.17. The largest absolute Gasteiger partial charge is 1.00 e. The zero-order valence-corrected chi connectivity index (χ0v) is 9.35. The van der Waals surface area contributed by atoms with Crippen LogP contribution in [0.1, 0.15) is 0 Å². The van der Waals surface area contributed by atoms with Crippen LogP contribution in [0.2, 0.25) is 5.02 Å². The van der Waals surface area contributed by atoms with Crippen LogP contribution in [0.5, 0.6) is 0 Å². The molecule has 0 bridgehead atoms. The third kappa shape index (κ3) is 2.53. The average Bonchev–Trinajstić information content (AvgIpc) is 2.20. The summed E-state index contributed by atoms with van der Waals surface area (Å²) in [6, 6.07) is 8.02. The standard InChI is InChI=1S/C10H13ClN2.ClH/c11-9-3-1-2-4-10(9)13-7-5-12-6-8-13;/h1-4,12H,5-8H2;1H/p-1. The first-order valence-electron chi connectivity index (χ1n) is 4.58. The molecule has 0 atom stereocenters. The summed E-state index contributed by atoms with van der Waals surface area (Å²) < 4.78 is 0. The summed E-state index contributed by atoms with van der Waals surface area (Å²) in [4.78, 5) is 2.32. The van der Waals surface area contributed by atoms with Gasteiger partial charge in [-0.3, -0.25) is 0 Å². The van der Waals surface area contributed by atoms with Gasteiger partial charge in [-0.15, -0.1) is 0 Å². The molecule has 0 aromatic heterocycles. The van der Waals surface area contributed by atoms with Crippen molar-refractivity contribution in [2.24, 2.45) is 0 Å². The Balaban J connectivity index is 0.000000980. The Bertz CT molecular complexity index is 285. The van der Waals surface area contributed by atoms with Gasteiger partial charge < -0.3 is 22.6 Å². The van der Waals surface area contributed by atoms with E-state index in [0.29, 0.717) is 0 Å². The fraction of sp³-hybridized carbons (Fsp3) is 0.400. The van der Waals surface area contributed by atoms with E-state index in [2.05, 4.69) is 16.3 Å². The maximum atomic E-state index is 6.10. The first-order valence-corrected chi connectivity index (χ1v) is 4.96. The molecule has 1 fully saturated rings. The lowest BCUT2D eigenvalue weighted by Gasteiger charge is -2.30. The highest BCUT2D eigenvalue weighted by atomic mass is 35.5. The van der Waals surface area contributed by atoms with Crippen LogP contribution in [0.4, 0.5) is 5.69 Å². The maximum Gasteiger partial charge on any atom is 0.0639 e. The molecule has 1 aliphatic rings. The predicted octanol–water partition coefficient (Wildman–Crippen LogP) is -1.25. The Morgan fingerprint density at radius 2 is 1.79 bits per heavy atom. The van der Waals surface area contributed by atoms with Gasteiger partial charge in [0.15, 0.2) is 0 Å². The number of piperazine rings is 1. The van der Waals surface area contributed by atoms with Crippen molar-refractivity contribution >= 4 is 17.3 Å². The first kappa shape index (κ1) is 11.6. The Morgan fingerprint density at radius 1 is 1.14 bits per heavy atom. The number of nitrogens with zero attached hydrogens (tertiary/aromatic N) is 1. The van der Waals surface area contributed by atoms with Gasteiger partial charge in [0, 0.05) is 26.2 Å². The van der Waals surface area contributed by atoms with Crippen LogP contribution in [0.25, 0.3) is 0 Å². The zero-order chi connectivity index (χ0) is 9.10. The van der Waals surface area contributed by atoms with E-state index >= 15 is 0 Å². The molecule has 2 rings (SSSR count). The minimum Gasteiger partial charge on any atom is -1.00 e. The summed E-state index contributed by atoms with van der Waals surface area (Å²) in [5.41, 5.74) is 1.16. The number of rotatable bonds is 1. The third-order valence-corrected chi connectivity index (χ3v) is 2.63. The van der Waals surface area contributed by atoms with Crippen molar-refractivity contribution in [1.29, 1.82) is 0 Å². The highest BCUT2D eigenvalue weighted by Crippen LogP contribution is 2.24. The van der Waals surface area contributed by atoms with Crippen LogP contribution in [-0.4, -0.2) is 26.2 Å². The Labute approximate surface area is 95.7 Å². The average molecular weight is 232 g/mol. The fourth-order valence-electron chi connectivity index (χ4n) is 1.61. The van der Waals surface area contributed by atoms with Crippen LogP contribution < -0.4 is 22.6 Å². The minimum absolute atomic E-state index is 0. The molecule has 1 heterocycles. The van der Waals surface area contributed by atoms with Gasteiger partial charge in [0.05, 0.1) is 10.7 Å². The first-order chi connectivity index (χ1) is 6.38.